The van der Waals surface area contributed by atoms with Crippen LogP contribution in [0.25, 0.3) is 0 Å². The van der Waals surface area contributed by atoms with Gasteiger partial charge in [-0.1, -0.05) is 18.2 Å². The minimum atomic E-state index is 0.153. The Morgan fingerprint density at radius 2 is 2.00 bits per heavy atom. The van der Waals surface area contributed by atoms with Crippen molar-refractivity contribution >= 4 is 5.91 Å². The summed E-state index contributed by atoms with van der Waals surface area (Å²) in [4.78, 5) is 16.4. The maximum atomic E-state index is 11.9. The van der Waals surface area contributed by atoms with Crippen LogP contribution in [-0.2, 0) is 9.53 Å². The molecule has 1 amide bonds. The van der Waals surface area contributed by atoms with Crippen molar-refractivity contribution in [3.8, 4) is 5.75 Å². The standard InChI is InChI=1S/C19H28N2O3/c1-15(22)20-9-10-21(13-16-7-11-24-12-8-16)18(14-20)17-5-3-4-6-19(17)23-2/h3-6,16,18H,7-14H2,1-2H3/t18-/m0/s1. The summed E-state index contributed by atoms with van der Waals surface area (Å²) in [5.74, 6) is 1.74. The maximum absolute atomic E-state index is 11.9. The predicted octanol–water partition coefficient (Wildman–Crippen LogP) is 2.33. The molecule has 0 aliphatic carbocycles. The molecule has 5 nitrogen and oxygen atoms in total. The summed E-state index contributed by atoms with van der Waals surface area (Å²) in [7, 11) is 1.72. The number of carbonyl (C=O) groups excluding carboxylic acids is 1. The smallest absolute Gasteiger partial charge is 0.219 e. The van der Waals surface area contributed by atoms with Gasteiger partial charge in [-0.05, 0) is 24.8 Å². The SMILES string of the molecule is COc1ccccc1[C@@H]1CN(C(C)=O)CCN1CC1CCOCC1. The third-order valence-electron chi connectivity index (χ3n) is 5.27. The summed E-state index contributed by atoms with van der Waals surface area (Å²) in [6.45, 7) is 6.93. The van der Waals surface area contributed by atoms with E-state index in [4.69, 9.17) is 9.47 Å². The van der Waals surface area contributed by atoms with Crippen LogP contribution < -0.4 is 4.74 Å². The van der Waals surface area contributed by atoms with Gasteiger partial charge in [0.15, 0.2) is 0 Å². The molecule has 1 aromatic carbocycles. The Balaban J connectivity index is 1.81. The van der Waals surface area contributed by atoms with E-state index in [1.165, 1.54) is 5.56 Å². The highest BCUT2D eigenvalue weighted by Gasteiger charge is 2.32. The van der Waals surface area contributed by atoms with Gasteiger partial charge < -0.3 is 14.4 Å². The average molecular weight is 332 g/mol. The van der Waals surface area contributed by atoms with Crippen molar-refractivity contribution in [2.24, 2.45) is 5.92 Å². The third kappa shape index (κ3) is 3.90. The normalized spacial score (nSPS) is 23.2. The Labute approximate surface area is 144 Å². The topological polar surface area (TPSA) is 42.0 Å². The number of nitrogens with zero attached hydrogens (tertiary/aromatic N) is 2. The zero-order valence-electron chi connectivity index (χ0n) is 14.7. The Hall–Kier alpha value is -1.59. The Kier molecular flexibility index (Phi) is 5.74. The number of rotatable bonds is 4. The van der Waals surface area contributed by atoms with E-state index in [0.29, 0.717) is 5.92 Å². The summed E-state index contributed by atoms with van der Waals surface area (Å²) < 4.78 is 11.1. The van der Waals surface area contributed by atoms with Crippen molar-refractivity contribution < 1.29 is 14.3 Å². The highest BCUT2D eigenvalue weighted by Crippen LogP contribution is 2.33. The molecular formula is C19H28N2O3. The number of benzene rings is 1. The molecule has 0 radical (unpaired) electrons. The van der Waals surface area contributed by atoms with Gasteiger partial charge in [0.25, 0.3) is 0 Å². The van der Waals surface area contributed by atoms with Crippen molar-refractivity contribution in [2.75, 3.05) is 46.5 Å². The van der Waals surface area contributed by atoms with E-state index >= 15 is 0 Å². The highest BCUT2D eigenvalue weighted by molar-refractivity contribution is 5.73. The van der Waals surface area contributed by atoms with E-state index in [1.54, 1.807) is 14.0 Å². The van der Waals surface area contributed by atoms with Gasteiger partial charge in [0.05, 0.1) is 13.2 Å². The summed E-state index contributed by atoms with van der Waals surface area (Å²) in [6, 6.07) is 8.38. The number of para-hydroxylation sites is 1. The van der Waals surface area contributed by atoms with Gasteiger partial charge in [-0.3, -0.25) is 9.69 Å². The molecule has 132 valence electrons. The number of ether oxygens (including phenoxy) is 2. The quantitative estimate of drug-likeness (QED) is 0.849. The van der Waals surface area contributed by atoms with Crippen molar-refractivity contribution in [3.05, 3.63) is 29.8 Å². The van der Waals surface area contributed by atoms with E-state index < -0.39 is 0 Å². The molecule has 1 aromatic rings. The molecule has 0 aromatic heterocycles. The molecule has 0 N–H and O–H groups in total. The van der Waals surface area contributed by atoms with Crippen molar-refractivity contribution in [1.29, 1.82) is 0 Å². The van der Waals surface area contributed by atoms with E-state index in [2.05, 4.69) is 17.0 Å². The highest BCUT2D eigenvalue weighted by atomic mass is 16.5. The molecule has 24 heavy (non-hydrogen) atoms. The average Bonchev–Trinajstić information content (AvgIpc) is 2.62. The van der Waals surface area contributed by atoms with Gasteiger partial charge in [0.1, 0.15) is 5.75 Å². The number of amides is 1. The number of piperazine rings is 1. The largest absolute Gasteiger partial charge is 0.496 e. The third-order valence-corrected chi connectivity index (χ3v) is 5.27. The molecular weight excluding hydrogens is 304 g/mol. The van der Waals surface area contributed by atoms with E-state index in [1.807, 2.05) is 17.0 Å². The molecule has 2 heterocycles. The van der Waals surface area contributed by atoms with Crippen LogP contribution in [0.5, 0.6) is 5.75 Å². The lowest BCUT2D eigenvalue weighted by Gasteiger charge is -2.43. The summed E-state index contributed by atoms with van der Waals surface area (Å²) in [5.41, 5.74) is 1.18. The van der Waals surface area contributed by atoms with E-state index in [9.17, 15) is 4.79 Å². The zero-order chi connectivity index (χ0) is 16.9. The number of carbonyl (C=O) groups is 1. The van der Waals surface area contributed by atoms with Crippen molar-refractivity contribution in [3.63, 3.8) is 0 Å². The predicted molar refractivity (Wildman–Crippen MR) is 93.1 cm³/mol. The first-order valence-corrected chi connectivity index (χ1v) is 8.89. The lowest BCUT2D eigenvalue weighted by Crippen LogP contribution is -2.51. The molecule has 1 atom stereocenters. The number of hydrogen-bond acceptors (Lipinski definition) is 4. The molecule has 2 saturated heterocycles. The van der Waals surface area contributed by atoms with Gasteiger partial charge in [0, 0.05) is 51.9 Å². The molecule has 2 aliphatic rings. The lowest BCUT2D eigenvalue weighted by molar-refractivity contribution is -0.132. The molecule has 2 aliphatic heterocycles. The van der Waals surface area contributed by atoms with Gasteiger partial charge in [-0.2, -0.15) is 0 Å². The first-order valence-electron chi connectivity index (χ1n) is 8.89. The number of hydrogen-bond donors (Lipinski definition) is 0. The van der Waals surface area contributed by atoms with Gasteiger partial charge in [0.2, 0.25) is 5.91 Å². The Morgan fingerprint density at radius 1 is 1.25 bits per heavy atom. The maximum Gasteiger partial charge on any atom is 0.219 e. The zero-order valence-corrected chi connectivity index (χ0v) is 14.7. The van der Waals surface area contributed by atoms with Crippen LogP contribution >= 0.6 is 0 Å². The Morgan fingerprint density at radius 3 is 2.71 bits per heavy atom. The second-order valence-corrected chi connectivity index (χ2v) is 6.77. The van der Waals surface area contributed by atoms with Crippen LogP contribution in [0.15, 0.2) is 24.3 Å². The fourth-order valence-corrected chi connectivity index (χ4v) is 3.82. The van der Waals surface area contributed by atoms with Crippen molar-refractivity contribution in [2.45, 2.75) is 25.8 Å². The van der Waals surface area contributed by atoms with Gasteiger partial charge in [-0.15, -0.1) is 0 Å². The van der Waals surface area contributed by atoms with E-state index in [-0.39, 0.29) is 11.9 Å². The van der Waals surface area contributed by atoms with Crippen LogP contribution in [0.4, 0.5) is 0 Å². The fourth-order valence-electron chi connectivity index (χ4n) is 3.82. The second-order valence-electron chi connectivity index (χ2n) is 6.77. The van der Waals surface area contributed by atoms with E-state index in [0.717, 1.165) is 58.0 Å². The molecule has 0 bridgehead atoms. The first kappa shape index (κ1) is 17.2. The molecule has 3 rings (SSSR count). The van der Waals surface area contributed by atoms with Gasteiger partial charge >= 0.3 is 0 Å². The minimum Gasteiger partial charge on any atom is -0.496 e. The Bertz CT molecular complexity index is 557. The van der Waals surface area contributed by atoms with Crippen LogP contribution in [0.2, 0.25) is 0 Å². The molecule has 0 unspecified atom stereocenters. The first-order chi connectivity index (χ1) is 11.7. The van der Waals surface area contributed by atoms with Crippen LogP contribution in [0, 0.1) is 5.92 Å². The lowest BCUT2D eigenvalue weighted by atomic mass is 9.95. The van der Waals surface area contributed by atoms with Crippen LogP contribution in [0.1, 0.15) is 31.4 Å². The molecule has 0 spiro atoms. The second kappa shape index (κ2) is 7.99. The fraction of sp³-hybridized carbons (Fsp3) is 0.632. The van der Waals surface area contributed by atoms with Gasteiger partial charge in [-0.25, -0.2) is 0 Å². The molecule has 5 heteroatoms. The van der Waals surface area contributed by atoms with Crippen LogP contribution in [0.3, 0.4) is 0 Å². The van der Waals surface area contributed by atoms with Crippen LogP contribution in [-0.4, -0.2) is 62.2 Å². The summed E-state index contributed by atoms with van der Waals surface area (Å²) in [6.07, 6.45) is 2.26. The monoisotopic (exact) mass is 332 g/mol. The molecule has 2 fully saturated rings. The van der Waals surface area contributed by atoms with Crippen molar-refractivity contribution in [1.82, 2.24) is 9.80 Å². The molecule has 0 saturated carbocycles. The minimum absolute atomic E-state index is 0.153. The summed E-state index contributed by atoms with van der Waals surface area (Å²) >= 11 is 0. The number of methoxy groups -OCH3 is 1. The summed E-state index contributed by atoms with van der Waals surface area (Å²) in [5, 5.41) is 0.